The number of para-hydroxylation sites is 1. The highest BCUT2D eigenvalue weighted by atomic mass is 19.1. The van der Waals surface area contributed by atoms with Crippen molar-refractivity contribution in [2.45, 2.75) is 43.4 Å². The largest absolute Gasteiger partial charge is 0.468 e. The highest BCUT2D eigenvalue weighted by molar-refractivity contribution is 5.87. The molecule has 1 aromatic heterocycles. The van der Waals surface area contributed by atoms with Crippen molar-refractivity contribution in [1.82, 2.24) is 20.1 Å². The molecule has 0 bridgehead atoms. The summed E-state index contributed by atoms with van der Waals surface area (Å²) >= 11 is 0. The summed E-state index contributed by atoms with van der Waals surface area (Å²) in [5.41, 5.74) is 4.52. The quantitative estimate of drug-likeness (QED) is 0.499. The third-order valence-corrected chi connectivity index (χ3v) is 8.37. The van der Waals surface area contributed by atoms with Gasteiger partial charge in [0, 0.05) is 61.3 Å². The maximum absolute atomic E-state index is 13.9. The molecule has 0 spiro atoms. The van der Waals surface area contributed by atoms with Crippen molar-refractivity contribution < 1.29 is 18.7 Å². The van der Waals surface area contributed by atoms with Crippen molar-refractivity contribution >= 4 is 16.9 Å². The minimum absolute atomic E-state index is 0.0185. The Morgan fingerprint density at radius 3 is 2.65 bits per heavy atom. The van der Waals surface area contributed by atoms with Crippen LogP contribution in [0.5, 0.6) is 0 Å². The number of hydrogen-bond acceptors (Lipinski definition) is 6. The highest BCUT2D eigenvalue weighted by Crippen LogP contribution is 2.48. The Bertz CT molecular complexity index is 1240. The summed E-state index contributed by atoms with van der Waals surface area (Å²) < 4.78 is 24.7. The molecule has 196 valence electrons. The number of fused-ring (bicyclic) bond motifs is 5. The fourth-order valence-electron chi connectivity index (χ4n) is 6.57. The lowest BCUT2D eigenvalue weighted by atomic mass is 9.79. The van der Waals surface area contributed by atoms with E-state index >= 15 is 0 Å². The molecule has 4 heterocycles. The van der Waals surface area contributed by atoms with Gasteiger partial charge < -0.3 is 19.8 Å². The van der Waals surface area contributed by atoms with Crippen molar-refractivity contribution in [3.63, 3.8) is 0 Å². The van der Waals surface area contributed by atoms with Gasteiger partial charge in [-0.05, 0) is 42.2 Å². The minimum Gasteiger partial charge on any atom is -0.468 e. The molecule has 3 aromatic rings. The number of aromatic nitrogens is 1. The summed E-state index contributed by atoms with van der Waals surface area (Å²) in [6.07, 6.45) is 2.32. The Hall–Kier alpha value is -2.78. The second kappa shape index (κ2) is 10.5. The molecular weight excluding hydrogens is 471 g/mol. The molecule has 2 aromatic carbocycles. The Labute approximate surface area is 216 Å². The first-order chi connectivity index (χ1) is 18.1. The van der Waals surface area contributed by atoms with E-state index in [1.54, 1.807) is 0 Å². The third-order valence-electron chi connectivity index (χ3n) is 8.37. The third kappa shape index (κ3) is 4.79. The van der Waals surface area contributed by atoms with Crippen molar-refractivity contribution in [1.29, 1.82) is 0 Å². The SMILES string of the molecule is COC(=O)[C@@H]1Cc2c([nH]c3ccccc23)[C@H]2C[C@H](NCCN3CCOCC3)C[C@@H](c3ccc(F)cc3)N21. The second-order valence-corrected chi connectivity index (χ2v) is 10.4. The van der Waals surface area contributed by atoms with Gasteiger partial charge in [0.15, 0.2) is 0 Å². The maximum Gasteiger partial charge on any atom is 0.323 e. The van der Waals surface area contributed by atoms with E-state index < -0.39 is 6.04 Å². The standard InChI is InChI=1S/C29H35FN4O3/c1-36-29(35)27-18-23-22-4-2-3-5-24(22)32-28(23)26-17-21(31-10-11-33-12-14-37-15-13-33)16-25(34(26)27)19-6-8-20(30)9-7-19/h2-9,21,25-27,31-32H,10-18H2,1H3/t21-,25+,26-,27+/m1/s1. The predicted molar refractivity (Wildman–Crippen MR) is 140 cm³/mol. The van der Waals surface area contributed by atoms with Gasteiger partial charge in [0.05, 0.1) is 26.4 Å². The molecule has 0 amide bonds. The number of carbonyl (C=O) groups is 1. The lowest BCUT2D eigenvalue weighted by molar-refractivity contribution is -0.152. The number of rotatable bonds is 6. The van der Waals surface area contributed by atoms with E-state index in [9.17, 15) is 9.18 Å². The molecule has 6 rings (SSSR count). The van der Waals surface area contributed by atoms with Crippen LogP contribution in [0.25, 0.3) is 10.9 Å². The molecule has 8 heteroatoms. The van der Waals surface area contributed by atoms with E-state index in [2.05, 4.69) is 32.2 Å². The van der Waals surface area contributed by atoms with Gasteiger partial charge in [0.1, 0.15) is 11.9 Å². The number of aromatic amines is 1. The van der Waals surface area contributed by atoms with Crippen molar-refractivity contribution in [3.8, 4) is 0 Å². The monoisotopic (exact) mass is 506 g/mol. The van der Waals surface area contributed by atoms with Crippen LogP contribution >= 0.6 is 0 Å². The zero-order valence-electron chi connectivity index (χ0n) is 21.3. The summed E-state index contributed by atoms with van der Waals surface area (Å²) in [5.74, 6) is -0.468. The molecule has 37 heavy (non-hydrogen) atoms. The Morgan fingerprint density at radius 2 is 1.86 bits per heavy atom. The molecule has 2 fully saturated rings. The van der Waals surface area contributed by atoms with E-state index in [0.29, 0.717) is 6.42 Å². The number of piperidine rings is 1. The highest BCUT2D eigenvalue weighted by Gasteiger charge is 2.48. The van der Waals surface area contributed by atoms with Crippen molar-refractivity contribution in [2.24, 2.45) is 0 Å². The molecular formula is C29H35FN4O3. The molecule has 0 aliphatic carbocycles. The number of nitrogens with zero attached hydrogens (tertiary/aromatic N) is 2. The molecule has 0 saturated carbocycles. The van der Waals surface area contributed by atoms with Gasteiger partial charge in [-0.2, -0.15) is 0 Å². The first-order valence-electron chi connectivity index (χ1n) is 13.4. The van der Waals surface area contributed by atoms with Crippen LogP contribution in [0.1, 0.15) is 41.7 Å². The van der Waals surface area contributed by atoms with E-state index in [1.165, 1.54) is 35.9 Å². The molecule has 0 unspecified atom stereocenters. The lowest BCUT2D eigenvalue weighted by Crippen LogP contribution is -2.56. The summed E-state index contributed by atoms with van der Waals surface area (Å²) in [5, 5.41) is 5.00. The van der Waals surface area contributed by atoms with E-state index in [0.717, 1.165) is 63.3 Å². The van der Waals surface area contributed by atoms with Gasteiger partial charge >= 0.3 is 5.97 Å². The Kier molecular flexibility index (Phi) is 6.99. The van der Waals surface area contributed by atoms with Crippen molar-refractivity contribution in [3.05, 3.63) is 71.2 Å². The molecule has 7 nitrogen and oxygen atoms in total. The lowest BCUT2D eigenvalue weighted by Gasteiger charge is -2.51. The average molecular weight is 507 g/mol. The molecule has 2 saturated heterocycles. The van der Waals surface area contributed by atoms with Gasteiger partial charge in [-0.25, -0.2) is 4.39 Å². The first-order valence-corrected chi connectivity index (χ1v) is 13.4. The number of morpholine rings is 1. The van der Waals surface area contributed by atoms with E-state index in [4.69, 9.17) is 9.47 Å². The fraction of sp³-hybridized carbons (Fsp3) is 0.483. The zero-order chi connectivity index (χ0) is 25.4. The van der Waals surface area contributed by atoms with Crippen LogP contribution < -0.4 is 5.32 Å². The topological polar surface area (TPSA) is 69.8 Å². The number of nitrogens with one attached hydrogen (secondary N) is 2. The van der Waals surface area contributed by atoms with Crippen LogP contribution in [0.15, 0.2) is 48.5 Å². The van der Waals surface area contributed by atoms with Crippen LogP contribution in [0.4, 0.5) is 4.39 Å². The van der Waals surface area contributed by atoms with Crippen molar-refractivity contribution in [2.75, 3.05) is 46.5 Å². The number of ether oxygens (including phenoxy) is 2. The molecule has 0 radical (unpaired) electrons. The van der Waals surface area contributed by atoms with Gasteiger partial charge in [-0.3, -0.25) is 14.6 Å². The maximum atomic E-state index is 13.9. The minimum atomic E-state index is -0.397. The number of hydrogen-bond donors (Lipinski definition) is 2. The number of carbonyl (C=O) groups excluding carboxylic acids is 1. The smallest absolute Gasteiger partial charge is 0.323 e. The van der Waals surface area contributed by atoms with Gasteiger partial charge in [0.25, 0.3) is 0 Å². The van der Waals surface area contributed by atoms with E-state index in [1.807, 2.05) is 24.3 Å². The number of H-pyrrole nitrogens is 1. The molecule has 3 aliphatic rings. The molecule has 3 aliphatic heterocycles. The van der Waals surface area contributed by atoms with Crippen LogP contribution in [0.2, 0.25) is 0 Å². The van der Waals surface area contributed by atoms with Gasteiger partial charge in [-0.15, -0.1) is 0 Å². The first kappa shape index (κ1) is 24.6. The van der Waals surface area contributed by atoms with E-state index in [-0.39, 0.29) is 29.9 Å². The normalized spacial score (nSPS) is 26.5. The summed E-state index contributed by atoms with van der Waals surface area (Å²) in [4.78, 5) is 21.6. The van der Waals surface area contributed by atoms with Crippen LogP contribution in [-0.4, -0.2) is 79.3 Å². The number of methoxy groups -OCH3 is 1. The zero-order valence-corrected chi connectivity index (χ0v) is 21.3. The number of benzene rings is 2. The molecule has 2 N–H and O–H groups in total. The summed E-state index contributed by atoms with van der Waals surface area (Å²) in [7, 11) is 1.47. The van der Waals surface area contributed by atoms with Crippen LogP contribution in [-0.2, 0) is 20.7 Å². The Balaban J connectivity index is 1.35. The fourth-order valence-corrected chi connectivity index (χ4v) is 6.57. The van der Waals surface area contributed by atoms with Crippen LogP contribution in [0.3, 0.4) is 0 Å². The summed E-state index contributed by atoms with van der Waals surface area (Å²) in [6, 6.07) is 14.9. The van der Waals surface area contributed by atoms with Crippen LogP contribution in [0, 0.1) is 5.82 Å². The molecule has 4 atom stereocenters. The average Bonchev–Trinajstić information content (AvgIpc) is 3.32. The summed E-state index contributed by atoms with van der Waals surface area (Å²) in [6.45, 7) is 5.42. The number of halogens is 1. The second-order valence-electron chi connectivity index (χ2n) is 10.4. The van der Waals surface area contributed by atoms with Gasteiger partial charge in [-0.1, -0.05) is 30.3 Å². The Morgan fingerprint density at radius 1 is 1.11 bits per heavy atom. The predicted octanol–water partition coefficient (Wildman–Crippen LogP) is 3.57. The number of esters is 1. The van der Waals surface area contributed by atoms with Gasteiger partial charge in [0.2, 0.25) is 0 Å².